The fourth-order valence-corrected chi connectivity index (χ4v) is 1.92. The summed E-state index contributed by atoms with van der Waals surface area (Å²) in [7, 11) is 1.26. The quantitative estimate of drug-likeness (QED) is 0.719. The van der Waals surface area contributed by atoms with E-state index in [9.17, 15) is 9.59 Å². The number of carbonyl (C=O) groups excluding carboxylic acids is 2. The molecule has 1 aromatic rings. The molecule has 0 aromatic carbocycles. The second-order valence-electron chi connectivity index (χ2n) is 3.84. The van der Waals surface area contributed by atoms with E-state index in [2.05, 4.69) is 14.7 Å². The molecule has 2 heterocycles. The average Bonchev–Trinajstić information content (AvgIpc) is 2.45. The zero-order chi connectivity index (χ0) is 13.8. The van der Waals surface area contributed by atoms with Crippen LogP contribution in [-0.4, -0.2) is 59.7 Å². The second-order valence-corrected chi connectivity index (χ2v) is 4.23. The Hall–Kier alpha value is -1.73. The molecule has 1 aliphatic heterocycles. The number of hydrogen-bond acceptors (Lipinski definition) is 6. The van der Waals surface area contributed by atoms with Gasteiger partial charge in [0, 0.05) is 6.54 Å². The van der Waals surface area contributed by atoms with Crippen molar-refractivity contribution in [2.24, 2.45) is 0 Å². The highest BCUT2D eigenvalue weighted by Gasteiger charge is 2.34. The highest BCUT2D eigenvalue weighted by atomic mass is 35.5. The van der Waals surface area contributed by atoms with Gasteiger partial charge >= 0.3 is 5.97 Å². The van der Waals surface area contributed by atoms with E-state index in [1.807, 2.05) is 0 Å². The maximum atomic E-state index is 12.3. The van der Waals surface area contributed by atoms with Crippen molar-refractivity contribution in [3.63, 3.8) is 0 Å². The topological polar surface area (TPSA) is 81.6 Å². The molecule has 0 radical (unpaired) electrons. The van der Waals surface area contributed by atoms with E-state index < -0.39 is 17.9 Å². The van der Waals surface area contributed by atoms with E-state index in [0.29, 0.717) is 6.61 Å². The Kier molecular flexibility index (Phi) is 4.28. The molecule has 0 N–H and O–H groups in total. The van der Waals surface area contributed by atoms with Gasteiger partial charge in [-0.2, -0.15) is 0 Å². The number of ether oxygens (including phenoxy) is 2. The van der Waals surface area contributed by atoms with E-state index in [0.717, 1.165) is 0 Å². The maximum Gasteiger partial charge on any atom is 0.331 e. The largest absolute Gasteiger partial charge is 0.467 e. The fraction of sp³-hybridized carbons (Fsp3) is 0.455. The summed E-state index contributed by atoms with van der Waals surface area (Å²) in [6, 6.07) is -0.771. The molecule has 1 unspecified atom stereocenters. The SMILES string of the molecule is COC(=O)C1COCCN1C(=O)c1cncc(Cl)n1. The maximum absolute atomic E-state index is 12.3. The molecule has 1 amide bonds. The number of rotatable bonds is 2. The normalized spacial score (nSPS) is 19.1. The van der Waals surface area contributed by atoms with Gasteiger partial charge in [-0.3, -0.25) is 9.78 Å². The minimum atomic E-state index is -0.771. The van der Waals surface area contributed by atoms with Crippen molar-refractivity contribution in [1.82, 2.24) is 14.9 Å². The minimum Gasteiger partial charge on any atom is -0.467 e. The molecule has 0 aliphatic carbocycles. The Morgan fingerprint density at radius 3 is 3.00 bits per heavy atom. The number of morpholine rings is 1. The summed E-state index contributed by atoms with van der Waals surface area (Å²) in [5.74, 6) is -0.947. The molecule has 1 atom stereocenters. The molecule has 7 nitrogen and oxygen atoms in total. The lowest BCUT2D eigenvalue weighted by atomic mass is 10.2. The molecular formula is C11H12ClN3O4. The smallest absolute Gasteiger partial charge is 0.331 e. The molecule has 1 fully saturated rings. The monoisotopic (exact) mass is 285 g/mol. The van der Waals surface area contributed by atoms with Crippen LogP contribution in [0.1, 0.15) is 10.5 Å². The van der Waals surface area contributed by atoms with Crippen LogP contribution in [0.5, 0.6) is 0 Å². The highest BCUT2D eigenvalue weighted by Crippen LogP contribution is 2.13. The van der Waals surface area contributed by atoms with E-state index >= 15 is 0 Å². The van der Waals surface area contributed by atoms with Crippen LogP contribution in [-0.2, 0) is 14.3 Å². The zero-order valence-electron chi connectivity index (χ0n) is 10.2. The van der Waals surface area contributed by atoms with Gasteiger partial charge in [-0.15, -0.1) is 0 Å². The average molecular weight is 286 g/mol. The van der Waals surface area contributed by atoms with E-state index in [4.69, 9.17) is 16.3 Å². The van der Waals surface area contributed by atoms with Gasteiger partial charge in [-0.1, -0.05) is 11.6 Å². The first-order valence-electron chi connectivity index (χ1n) is 5.57. The van der Waals surface area contributed by atoms with Crippen molar-refractivity contribution in [2.75, 3.05) is 26.9 Å². The number of nitrogens with zero attached hydrogens (tertiary/aromatic N) is 3. The van der Waals surface area contributed by atoms with Gasteiger partial charge < -0.3 is 14.4 Å². The van der Waals surface area contributed by atoms with Crippen LogP contribution in [0.3, 0.4) is 0 Å². The Balaban J connectivity index is 2.22. The number of carbonyl (C=O) groups is 2. The number of halogens is 1. The number of amides is 1. The van der Waals surface area contributed by atoms with Crippen molar-refractivity contribution in [3.8, 4) is 0 Å². The van der Waals surface area contributed by atoms with Gasteiger partial charge in [0.2, 0.25) is 0 Å². The Labute approximate surface area is 114 Å². The first kappa shape index (κ1) is 13.7. The molecule has 2 rings (SSSR count). The summed E-state index contributed by atoms with van der Waals surface area (Å²) in [5, 5.41) is 0.119. The first-order chi connectivity index (χ1) is 9.13. The lowest BCUT2D eigenvalue weighted by Gasteiger charge is -2.33. The molecule has 19 heavy (non-hydrogen) atoms. The molecular weight excluding hydrogens is 274 g/mol. The van der Waals surface area contributed by atoms with Crippen molar-refractivity contribution >= 4 is 23.5 Å². The third-order valence-corrected chi connectivity index (χ3v) is 2.87. The van der Waals surface area contributed by atoms with E-state index in [-0.39, 0.29) is 24.0 Å². The summed E-state index contributed by atoms with van der Waals surface area (Å²) in [6.07, 6.45) is 2.63. The lowest BCUT2D eigenvalue weighted by Crippen LogP contribution is -2.53. The first-order valence-corrected chi connectivity index (χ1v) is 5.95. The van der Waals surface area contributed by atoms with Crippen LogP contribution in [0.4, 0.5) is 0 Å². The third kappa shape index (κ3) is 2.99. The van der Waals surface area contributed by atoms with Gasteiger partial charge in [0.15, 0.2) is 6.04 Å². The summed E-state index contributed by atoms with van der Waals surface area (Å²) in [5.41, 5.74) is 0.0864. The molecule has 0 bridgehead atoms. The predicted octanol–water partition coefficient (Wildman–Crippen LogP) is 0.144. The van der Waals surface area contributed by atoms with Crippen LogP contribution in [0.25, 0.3) is 0 Å². The Bertz CT molecular complexity index is 497. The number of esters is 1. The third-order valence-electron chi connectivity index (χ3n) is 2.69. The minimum absolute atomic E-state index is 0.0864. The summed E-state index contributed by atoms with van der Waals surface area (Å²) in [6.45, 7) is 0.742. The van der Waals surface area contributed by atoms with Crippen molar-refractivity contribution in [3.05, 3.63) is 23.2 Å². The molecule has 0 saturated carbocycles. The van der Waals surface area contributed by atoms with Crippen molar-refractivity contribution in [2.45, 2.75) is 6.04 Å². The van der Waals surface area contributed by atoms with E-state index in [1.54, 1.807) is 0 Å². The van der Waals surface area contributed by atoms with Gasteiger partial charge in [0.05, 0.1) is 32.7 Å². The Morgan fingerprint density at radius 2 is 2.32 bits per heavy atom. The fourth-order valence-electron chi connectivity index (χ4n) is 1.77. The summed E-state index contributed by atoms with van der Waals surface area (Å²) < 4.78 is 9.84. The molecule has 102 valence electrons. The van der Waals surface area contributed by atoms with E-state index in [1.165, 1.54) is 24.4 Å². The predicted molar refractivity (Wildman–Crippen MR) is 64.7 cm³/mol. The zero-order valence-corrected chi connectivity index (χ0v) is 11.0. The van der Waals surface area contributed by atoms with Crippen LogP contribution in [0.15, 0.2) is 12.4 Å². The van der Waals surface area contributed by atoms with Crippen LogP contribution >= 0.6 is 11.6 Å². The summed E-state index contributed by atoms with van der Waals surface area (Å²) >= 11 is 5.69. The highest BCUT2D eigenvalue weighted by molar-refractivity contribution is 6.29. The number of hydrogen-bond donors (Lipinski definition) is 0. The molecule has 1 aliphatic rings. The van der Waals surface area contributed by atoms with Gasteiger partial charge in [0.1, 0.15) is 10.8 Å². The number of methoxy groups -OCH3 is 1. The second kappa shape index (κ2) is 5.94. The van der Waals surface area contributed by atoms with Gasteiger partial charge in [-0.05, 0) is 0 Å². The molecule has 8 heteroatoms. The van der Waals surface area contributed by atoms with Gasteiger partial charge in [0.25, 0.3) is 5.91 Å². The Morgan fingerprint density at radius 1 is 1.53 bits per heavy atom. The van der Waals surface area contributed by atoms with Gasteiger partial charge in [-0.25, -0.2) is 9.78 Å². The molecule has 1 saturated heterocycles. The molecule has 1 aromatic heterocycles. The standard InChI is InChI=1S/C11H12ClN3O4/c1-18-11(17)8-6-19-3-2-15(8)10(16)7-4-13-5-9(12)14-7/h4-5,8H,2-3,6H2,1H3. The van der Waals surface area contributed by atoms with Crippen LogP contribution in [0, 0.1) is 0 Å². The molecule has 0 spiro atoms. The lowest BCUT2D eigenvalue weighted by molar-refractivity contribution is -0.151. The number of aromatic nitrogens is 2. The van der Waals surface area contributed by atoms with Crippen LogP contribution < -0.4 is 0 Å². The van der Waals surface area contributed by atoms with Crippen LogP contribution in [0.2, 0.25) is 5.15 Å². The van der Waals surface area contributed by atoms with Crippen molar-refractivity contribution < 1.29 is 19.1 Å². The van der Waals surface area contributed by atoms with Crippen molar-refractivity contribution in [1.29, 1.82) is 0 Å². The summed E-state index contributed by atoms with van der Waals surface area (Å²) in [4.78, 5) is 33.0.